The minimum absolute atomic E-state index is 0.213. The molecule has 27 heavy (non-hydrogen) atoms. The number of piperazine rings is 1. The maximum absolute atomic E-state index is 12.2. The summed E-state index contributed by atoms with van der Waals surface area (Å²) >= 11 is 0. The van der Waals surface area contributed by atoms with Crippen molar-refractivity contribution < 1.29 is 8.42 Å². The fourth-order valence-corrected chi connectivity index (χ4v) is 4.61. The van der Waals surface area contributed by atoms with Gasteiger partial charge in [-0.3, -0.25) is 0 Å². The zero-order valence-electron chi connectivity index (χ0n) is 16.1. The van der Waals surface area contributed by atoms with Gasteiger partial charge in [-0.1, -0.05) is 24.6 Å². The predicted molar refractivity (Wildman–Crippen MR) is 109 cm³/mol. The van der Waals surface area contributed by atoms with Gasteiger partial charge >= 0.3 is 0 Å². The van der Waals surface area contributed by atoms with E-state index < -0.39 is 10.0 Å². The standard InChI is InChI=1S/C19H27N5O2S/c1-4-13-27(25,26)24-11-9-23(10-12-24)18-14-16(3)20-19(22-18)21-17-7-5-15(2)6-8-17/h5-8,14H,4,9-13H2,1-3H3,(H,20,21,22). The predicted octanol–water partition coefficient (Wildman–Crippen LogP) is 2.70. The fraction of sp³-hybridized carbons (Fsp3) is 0.474. The molecule has 0 amide bonds. The van der Waals surface area contributed by atoms with E-state index in [4.69, 9.17) is 0 Å². The number of benzene rings is 1. The second-order valence-electron chi connectivity index (χ2n) is 6.88. The van der Waals surface area contributed by atoms with Gasteiger partial charge < -0.3 is 10.2 Å². The monoisotopic (exact) mass is 389 g/mol. The van der Waals surface area contributed by atoms with Crippen molar-refractivity contribution in [3.8, 4) is 0 Å². The Labute approximate surface area is 161 Å². The van der Waals surface area contributed by atoms with E-state index in [1.807, 2.05) is 51.1 Å². The normalized spacial score (nSPS) is 15.7. The maximum Gasteiger partial charge on any atom is 0.229 e. The van der Waals surface area contributed by atoms with Crippen molar-refractivity contribution in [1.29, 1.82) is 0 Å². The van der Waals surface area contributed by atoms with Gasteiger partial charge in [-0.05, 0) is 32.4 Å². The first-order valence-electron chi connectivity index (χ1n) is 9.29. The van der Waals surface area contributed by atoms with Crippen LogP contribution in [0, 0.1) is 13.8 Å². The molecule has 1 N–H and O–H groups in total. The van der Waals surface area contributed by atoms with Crippen LogP contribution in [0.5, 0.6) is 0 Å². The van der Waals surface area contributed by atoms with Crippen LogP contribution in [0.3, 0.4) is 0 Å². The molecule has 1 saturated heterocycles. The molecule has 3 rings (SSSR count). The quantitative estimate of drug-likeness (QED) is 0.818. The summed E-state index contributed by atoms with van der Waals surface area (Å²) in [6, 6.07) is 10.0. The van der Waals surface area contributed by atoms with Gasteiger partial charge in [0.1, 0.15) is 5.82 Å². The third kappa shape index (κ3) is 4.95. The van der Waals surface area contributed by atoms with E-state index in [1.54, 1.807) is 4.31 Å². The van der Waals surface area contributed by atoms with E-state index >= 15 is 0 Å². The van der Waals surface area contributed by atoms with Gasteiger partial charge in [-0.15, -0.1) is 0 Å². The zero-order valence-corrected chi connectivity index (χ0v) is 17.0. The molecule has 0 bridgehead atoms. The molecule has 0 aliphatic carbocycles. The Morgan fingerprint density at radius 3 is 2.33 bits per heavy atom. The lowest BCUT2D eigenvalue weighted by molar-refractivity contribution is 0.383. The van der Waals surface area contributed by atoms with Crippen molar-refractivity contribution in [2.45, 2.75) is 27.2 Å². The molecule has 0 atom stereocenters. The Kier molecular flexibility index (Phi) is 5.96. The van der Waals surface area contributed by atoms with Gasteiger partial charge in [0.15, 0.2) is 0 Å². The molecule has 0 saturated carbocycles. The third-order valence-corrected chi connectivity index (χ3v) is 6.64. The van der Waals surface area contributed by atoms with Gasteiger partial charge in [0.05, 0.1) is 5.75 Å². The summed E-state index contributed by atoms with van der Waals surface area (Å²) in [6.07, 6.45) is 0.641. The van der Waals surface area contributed by atoms with Crippen LogP contribution in [0.25, 0.3) is 0 Å². The highest BCUT2D eigenvalue weighted by Gasteiger charge is 2.26. The summed E-state index contributed by atoms with van der Waals surface area (Å²) in [5, 5.41) is 3.25. The van der Waals surface area contributed by atoms with E-state index in [0.29, 0.717) is 38.5 Å². The van der Waals surface area contributed by atoms with Crippen molar-refractivity contribution in [2.24, 2.45) is 0 Å². The summed E-state index contributed by atoms with van der Waals surface area (Å²) in [4.78, 5) is 11.2. The molecule has 1 aromatic carbocycles. The minimum Gasteiger partial charge on any atom is -0.354 e. The van der Waals surface area contributed by atoms with Crippen molar-refractivity contribution in [3.05, 3.63) is 41.6 Å². The second-order valence-corrected chi connectivity index (χ2v) is 8.97. The van der Waals surface area contributed by atoms with Crippen molar-refractivity contribution in [1.82, 2.24) is 14.3 Å². The number of hydrogen-bond acceptors (Lipinski definition) is 6. The Morgan fingerprint density at radius 1 is 1.04 bits per heavy atom. The average Bonchev–Trinajstić information content (AvgIpc) is 2.63. The number of aryl methyl sites for hydroxylation is 2. The second kappa shape index (κ2) is 8.22. The Hall–Kier alpha value is -2.19. The van der Waals surface area contributed by atoms with Crippen LogP contribution < -0.4 is 10.2 Å². The Morgan fingerprint density at radius 2 is 1.70 bits per heavy atom. The molecule has 0 radical (unpaired) electrons. The molecule has 8 heteroatoms. The Balaban J connectivity index is 1.71. The van der Waals surface area contributed by atoms with Crippen LogP contribution >= 0.6 is 0 Å². The minimum atomic E-state index is -3.14. The molecule has 1 aliphatic rings. The van der Waals surface area contributed by atoms with Gasteiger partial charge in [-0.25, -0.2) is 13.4 Å². The van der Waals surface area contributed by atoms with Crippen molar-refractivity contribution >= 4 is 27.5 Å². The van der Waals surface area contributed by atoms with Gasteiger partial charge in [0, 0.05) is 43.6 Å². The van der Waals surface area contributed by atoms with Gasteiger partial charge in [0.25, 0.3) is 0 Å². The largest absolute Gasteiger partial charge is 0.354 e. The molecule has 7 nitrogen and oxygen atoms in total. The van der Waals surface area contributed by atoms with Crippen LogP contribution in [-0.4, -0.2) is 54.6 Å². The molecular weight excluding hydrogens is 362 g/mol. The summed E-state index contributed by atoms with van der Waals surface area (Å²) in [5.41, 5.74) is 3.01. The molecule has 0 spiro atoms. The molecule has 0 unspecified atom stereocenters. The summed E-state index contributed by atoms with van der Waals surface area (Å²) in [7, 11) is -3.14. The van der Waals surface area contributed by atoms with E-state index in [0.717, 1.165) is 17.2 Å². The van der Waals surface area contributed by atoms with Crippen molar-refractivity contribution in [2.75, 3.05) is 42.1 Å². The highest BCUT2D eigenvalue weighted by atomic mass is 32.2. The lowest BCUT2D eigenvalue weighted by Gasteiger charge is -2.34. The van der Waals surface area contributed by atoms with E-state index in [9.17, 15) is 8.42 Å². The van der Waals surface area contributed by atoms with Gasteiger partial charge in [0.2, 0.25) is 16.0 Å². The van der Waals surface area contributed by atoms with E-state index in [1.165, 1.54) is 5.56 Å². The van der Waals surface area contributed by atoms with E-state index in [-0.39, 0.29) is 5.75 Å². The summed E-state index contributed by atoms with van der Waals surface area (Å²) < 4.78 is 26.1. The van der Waals surface area contributed by atoms with Crippen LogP contribution in [-0.2, 0) is 10.0 Å². The third-order valence-electron chi connectivity index (χ3n) is 4.57. The summed E-state index contributed by atoms with van der Waals surface area (Å²) in [6.45, 7) is 8.11. The average molecular weight is 390 g/mol. The number of nitrogens with one attached hydrogen (secondary N) is 1. The lowest BCUT2D eigenvalue weighted by Crippen LogP contribution is -2.49. The number of nitrogens with zero attached hydrogens (tertiary/aromatic N) is 4. The van der Waals surface area contributed by atoms with Crippen LogP contribution in [0.15, 0.2) is 30.3 Å². The van der Waals surface area contributed by atoms with Gasteiger partial charge in [-0.2, -0.15) is 9.29 Å². The molecule has 1 fully saturated rings. The first kappa shape index (κ1) is 19.6. The first-order valence-corrected chi connectivity index (χ1v) is 10.9. The topological polar surface area (TPSA) is 78.4 Å². The van der Waals surface area contributed by atoms with Crippen LogP contribution in [0.2, 0.25) is 0 Å². The number of hydrogen-bond donors (Lipinski definition) is 1. The number of sulfonamides is 1. The zero-order chi connectivity index (χ0) is 19.4. The summed E-state index contributed by atoms with van der Waals surface area (Å²) in [5.74, 6) is 1.59. The molecule has 2 aromatic rings. The number of rotatable bonds is 6. The molecule has 2 heterocycles. The van der Waals surface area contributed by atoms with E-state index in [2.05, 4.69) is 20.2 Å². The van der Waals surface area contributed by atoms with Crippen LogP contribution in [0.1, 0.15) is 24.6 Å². The lowest BCUT2D eigenvalue weighted by atomic mass is 10.2. The van der Waals surface area contributed by atoms with Crippen LogP contribution in [0.4, 0.5) is 17.5 Å². The molecule has 1 aromatic heterocycles. The SMILES string of the molecule is CCCS(=O)(=O)N1CCN(c2cc(C)nc(Nc3ccc(C)cc3)n2)CC1. The maximum atomic E-state index is 12.2. The molecule has 146 valence electrons. The highest BCUT2D eigenvalue weighted by Crippen LogP contribution is 2.20. The number of aromatic nitrogens is 2. The number of anilines is 3. The first-order chi connectivity index (χ1) is 12.9. The molecule has 1 aliphatic heterocycles. The Bertz CT molecular complexity index is 875. The molecular formula is C19H27N5O2S. The smallest absolute Gasteiger partial charge is 0.229 e. The fourth-order valence-electron chi connectivity index (χ4n) is 3.12. The van der Waals surface area contributed by atoms with Crippen molar-refractivity contribution in [3.63, 3.8) is 0 Å². The highest BCUT2D eigenvalue weighted by molar-refractivity contribution is 7.89.